The molecule has 0 aliphatic carbocycles. The standard InChI is InChI=1S/C28H29Cl2O7/c1-32-14-16-35-27-24(30)23(29)21(26(34-3)28(27)36-17-15-33-2)18-22(31)37-25(19-10-6-4-7-11-19)20-12-8-5-9-13-20/h4-13,18,25H,14-17H2,1-3H3. The van der Waals surface area contributed by atoms with Crippen molar-refractivity contribution in [3.8, 4) is 17.2 Å². The van der Waals surface area contributed by atoms with Gasteiger partial charge < -0.3 is 28.4 Å². The minimum atomic E-state index is -0.648. The first-order valence-corrected chi connectivity index (χ1v) is 12.2. The van der Waals surface area contributed by atoms with Crippen LogP contribution in [0, 0.1) is 6.42 Å². The lowest BCUT2D eigenvalue weighted by molar-refractivity contribution is -0.142. The van der Waals surface area contributed by atoms with E-state index in [9.17, 15) is 4.79 Å². The fourth-order valence-corrected chi connectivity index (χ4v) is 4.01. The van der Waals surface area contributed by atoms with Crippen LogP contribution in [-0.4, -0.2) is 53.7 Å². The molecule has 3 aromatic rings. The number of methoxy groups -OCH3 is 3. The third-order valence-electron chi connectivity index (χ3n) is 5.26. The van der Waals surface area contributed by atoms with Crippen LogP contribution < -0.4 is 14.2 Å². The molecule has 0 aliphatic rings. The molecule has 3 aromatic carbocycles. The molecule has 0 saturated carbocycles. The van der Waals surface area contributed by atoms with Gasteiger partial charge in [0.2, 0.25) is 5.75 Å². The minimum absolute atomic E-state index is 0.0537. The summed E-state index contributed by atoms with van der Waals surface area (Å²) < 4.78 is 33.3. The summed E-state index contributed by atoms with van der Waals surface area (Å²) in [5.41, 5.74) is 1.83. The summed E-state index contributed by atoms with van der Waals surface area (Å²) in [6, 6.07) is 18.9. The molecule has 0 aliphatic heterocycles. The summed E-state index contributed by atoms with van der Waals surface area (Å²) in [6.07, 6.45) is 0.592. The van der Waals surface area contributed by atoms with Crippen LogP contribution in [0.1, 0.15) is 22.8 Å². The molecule has 7 nitrogen and oxygen atoms in total. The lowest BCUT2D eigenvalue weighted by Crippen LogP contribution is -2.15. The number of esters is 1. The van der Waals surface area contributed by atoms with Crippen molar-refractivity contribution in [3.63, 3.8) is 0 Å². The number of rotatable bonds is 14. The van der Waals surface area contributed by atoms with Gasteiger partial charge in [0.1, 0.15) is 24.7 Å². The van der Waals surface area contributed by atoms with Crippen molar-refractivity contribution >= 4 is 29.2 Å². The Kier molecular flexibility index (Phi) is 11.4. The van der Waals surface area contributed by atoms with E-state index < -0.39 is 12.1 Å². The summed E-state index contributed by atoms with van der Waals surface area (Å²) in [7, 11) is 4.54. The van der Waals surface area contributed by atoms with E-state index in [-0.39, 0.29) is 46.1 Å². The number of hydrogen-bond acceptors (Lipinski definition) is 7. The highest BCUT2D eigenvalue weighted by molar-refractivity contribution is 6.44. The van der Waals surface area contributed by atoms with Crippen molar-refractivity contribution in [2.45, 2.75) is 6.10 Å². The van der Waals surface area contributed by atoms with E-state index in [1.807, 2.05) is 60.7 Å². The van der Waals surface area contributed by atoms with Crippen molar-refractivity contribution in [2.24, 2.45) is 0 Å². The van der Waals surface area contributed by atoms with E-state index in [0.29, 0.717) is 13.2 Å². The normalized spacial score (nSPS) is 10.9. The van der Waals surface area contributed by atoms with Gasteiger partial charge >= 0.3 is 5.97 Å². The summed E-state index contributed by atoms with van der Waals surface area (Å²) in [6.45, 7) is 0.989. The third-order valence-corrected chi connectivity index (χ3v) is 6.11. The van der Waals surface area contributed by atoms with Crippen LogP contribution in [0.4, 0.5) is 0 Å². The molecule has 0 N–H and O–H groups in total. The van der Waals surface area contributed by atoms with Gasteiger partial charge in [-0.1, -0.05) is 83.9 Å². The maximum absolute atomic E-state index is 13.2. The Labute approximate surface area is 227 Å². The van der Waals surface area contributed by atoms with E-state index >= 15 is 0 Å². The second-order valence-electron chi connectivity index (χ2n) is 7.70. The highest BCUT2D eigenvalue weighted by Gasteiger charge is 2.29. The average molecular weight is 548 g/mol. The third kappa shape index (κ3) is 7.52. The fourth-order valence-electron chi connectivity index (χ4n) is 3.54. The smallest absolute Gasteiger partial charge is 0.315 e. The Morgan fingerprint density at radius 2 is 1.24 bits per heavy atom. The summed E-state index contributed by atoms with van der Waals surface area (Å²) in [5.74, 6) is -0.115. The van der Waals surface area contributed by atoms with Gasteiger partial charge in [0, 0.05) is 19.8 Å². The second-order valence-corrected chi connectivity index (χ2v) is 8.45. The van der Waals surface area contributed by atoms with Crippen molar-refractivity contribution in [2.75, 3.05) is 47.8 Å². The highest BCUT2D eigenvalue weighted by atomic mass is 35.5. The van der Waals surface area contributed by atoms with Gasteiger partial charge in [0.15, 0.2) is 17.6 Å². The monoisotopic (exact) mass is 547 g/mol. The zero-order valence-electron chi connectivity index (χ0n) is 20.9. The maximum atomic E-state index is 13.2. The molecule has 0 fully saturated rings. The largest absolute Gasteiger partial charge is 0.492 e. The molecule has 0 bridgehead atoms. The van der Waals surface area contributed by atoms with Crippen molar-refractivity contribution in [1.29, 1.82) is 0 Å². The van der Waals surface area contributed by atoms with Crippen LogP contribution in [0.5, 0.6) is 17.2 Å². The lowest BCUT2D eigenvalue weighted by atomic mass is 10.0. The first-order chi connectivity index (χ1) is 18.0. The van der Waals surface area contributed by atoms with Crippen LogP contribution >= 0.6 is 23.2 Å². The molecule has 0 atom stereocenters. The van der Waals surface area contributed by atoms with Crippen molar-refractivity contribution in [3.05, 3.63) is 93.8 Å². The van der Waals surface area contributed by atoms with Crippen molar-refractivity contribution < 1.29 is 33.2 Å². The maximum Gasteiger partial charge on any atom is 0.315 e. The quantitative estimate of drug-likeness (QED) is 0.183. The number of halogens is 2. The molecular weight excluding hydrogens is 519 g/mol. The summed E-state index contributed by atoms with van der Waals surface area (Å²) in [5, 5.41) is 0.116. The molecule has 0 spiro atoms. The lowest BCUT2D eigenvalue weighted by Gasteiger charge is -2.22. The highest BCUT2D eigenvalue weighted by Crippen LogP contribution is 2.50. The molecule has 3 rings (SSSR count). The minimum Gasteiger partial charge on any atom is -0.492 e. The first kappa shape index (κ1) is 28.6. The molecule has 9 heteroatoms. The molecule has 1 radical (unpaired) electrons. The molecule has 197 valence electrons. The van der Waals surface area contributed by atoms with Crippen molar-refractivity contribution in [1.82, 2.24) is 0 Å². The number of ether oxygens (including phenoxy) is 6. The van der Waals surface area contributed by atoms with E-state index in [0.717, 1.165) is 11.1 Å². The Bertz CT molecular complexity index is 1100. The molecule has 0 saturated heterocycles. The Morgan fingerprint density at radius 3 is 1.73 bits per heavy atom. The fraction of sp³-hybridized carbons (Fsp3) is 0.286. The van der Waals surface area contributed by atoms with E-state index in [2.05, 4.69) is 0 Å². The van der Waals surface area contributed by atoms with Crippen LogP contribution in [0.3, 0.4) is 0 Å². The molecular formula is C28H29Cl2O7. The average Bonchev–Trinajstić information content (AvgIpc) is 2.93. The molecule has 37 heavy (non-hydrogen) atoms. The zero-order valence-corrected chi connectivity index (χ0v) is 22.4. The van der Waals surface area contributed by atoms with Gasteiger partial charge in [0.25, 0.3) is 0 Å². The number of benzene rings is 3. The van der Waals surface area contributed by atoms with E-state index in [1.54, 1.807) is 14.2 Å². The topological polar surface area (TPSA) is 72.5 Å². The zero-order chi connectivity index (χ0) is 26.6. The SMILES string of the molecule is COCCOc1c(Cl)c(Cl)c([CH]C(=O)OC(c2ccccc2)c2ccccc2)c(OC)c1OCCOC. The van der Waals surface area contributed by atoms with Crippen LogP contribution in [0.25, 0.3) is 0 Å². The van der Waals surface area contributed by atoms with Gasteiger partial charge in [-0.05, 0) is 11.1 Å². The van der Waals surface area contributed by atoms with E-state index in [1.165, 1.54) is 13.5 Å². The number of carbonyl (C=O) groups is 1. The second kappa shape index (κ2) is 14.7. The van der Waals surface area contributed by atoms with Crippen LogP contribution in [0.15, 0.2) is 60.7 Å². The van der Waals surface area contributed by atoms with Gasteiger partial charge in [-0.15, -0.1) is 0 Å². The molecule has 0 aromatic heterocycles. The van der Waals surface area contributed by atoms with Gasteiger partial charge in [-0.25, -0.2) is 0 Å². The predicted molar refractivity (Wildman–Crippen MR) is 142 cm³/mol. The van der Waals surface area contributed by atoms with Gasteiger partial charge in [-0.3, -0.25) is 4.79 Å². The predicted octanol–water partition coefficient (Wildman–Crippen LogP) is 5.94. The molecule has 0 unspecified atom stereocenters. The van der Waals surface area contributed by atoms with Gasteiger partial charge in [0.05, 0.1) is 25.3 Å². The Morgan fingerprint density at radius 1 is 0.730 bits per heavy atom. The van der Waals surface area contributed by atoms with Crippen LogP contribution in [-0.2, 0) is 19.0 Å². The summed E-state index contributed by atoms with van der Waals surface area (Å²) in [4.78, 5) is 13.2. The Balaban J connectivity index is 1.95. The summed E-state index contributed by atoms with van der Waals surface area (Å²) >= 11 is 13.2. The first-order valence-electron chi connectivity index (χ1n) is 11.5. The Hall–Kier alpha value is -2.97. The number of carbonyl (C=O) groups excluding carboxylic acids is 1. The van der Waals surface area contributed by atoms with Crippen LogP contribution in [0.2, 0.25) is 10.0 Å². The van der Waals surface area contributed by atoms with Gasteiger partial charge in [-0.2, -0.15) is 0 Å². The van der Waals surface area contributed by atoms with E-state index in [4.69, 9.17) is 51.6 Å². The number of hydrogen-bond donors (Lipinski definition) is 0. The molecule has 0 amide bonds. The molecule has 0 heterocycles.